The van der Waals surface area contributed by atoms with E-state index in [2.05, 4.69) is 10.6 Å². The third kappa shape index (κ3) is 5.97. The molecule has 0 saturated heterocycles. The van der Waals surface area contributed by atoms with Gasteiger partial charge < -0.3 is 15.4 Å². The number of carbonyl (C=O) groups excluding carboxylic acids is 3. The van der Waals surface area contributed by atoms with Crippen LogP contribution >= 0.6 is 0 Å². The summed E-state index contributed by atoms with van der Waals surface area (Å²) in [7, 11) is 0. The molecule has 1 atom stereocenters. The maximum Gasteiger partial charge on any atom is 0.326 e. The average Bonchev–Trinajstić information content (AvgIpc) is 2.66. The van der Waals surface area contributed by atoms with E-state index in [1.54, 1.807) is 36.4 Å². The molecular formula is C20H19N3O4. The molecule has 2 aromatic carbocycles. The standard InChI is InChI=1S/C20H19N3O4/c1-13-5-3-7-16(9-13)20(26)22-12-18(24)27-14(2)19(25)23-17-8-4-6-15(10-17)11-21/h3-10,14H,12H2,1-2H3,(H,22,26)(H,23,25)/t14-/m1/s1. The minimum Gasteiger partial charge on any atom is -0.451 e. The number of nitrogens with one attached hydrogen (secondary N) is 2. The normalized spacial score (nSPS) is 11.0. The largest absolute Gasteiger partial charge is 0.451 e. The number of anilines is 1. The zero-order valence-corrected chi connectivity index (χ0v) is 15.0. The van der Waals surface area contributed by atoms with Crippen molar-refractivity contribution in [3.63, 3.8) is 0 Å². The number of benzene rings is 2. The second-order valence-electron chi connectivity index (χ2n) is 5.87. The Hall–Kier alpha value is -3.66. The van der Waals surface area contributed by atoms with Gasteiger partial charge in [-0.1, -0.05) is 23.8 Å². The number of ether oxygens (including phenoxy) is 1. The van der Waals surface area contributed by atoms with Crippen LogP contribution in [0.5, 0.6) is 0 Å². The van der Waals surface area contributed by atoms with Crippen LogP contribution in [-0.4, -0.2) is 30.4 Å². The number of nitrogens with zero attached hydrogens (tertiary/aromatic N) is 1. The van der Waals surface area contributed by atoms with Crippen LogP contribution in [0.4, 0.5) is 5.69 Å². The summed E-state index contributed by atoms with van der Waals surface area (Å²) in [6.45, 7) is 2.93. The number of aryl methyl sites for hydroxylation is 1. The first-order valence-electron chi connectivity index (χ1n) is 8.24. The van der Waals surface area contributed by atoms with Gasteiger partial charge in [0, 0.05) is 11.3 Å². The quantitative estimate of drug-likeness (QED) is 0.763. The van der Waals surface area contributed by atoms with E-state index in [0.717, 1.165) is 5.56 Å². The molecule has 0 spiro atoms. The molecule has 0 aromatic heterocycles. The second-order valence-corrected chi connectivity index (χ2v) is 5.87. The van der Waals surface area contributed by atoms with Crippen molar-refractivity contribution in [1.82, 2.24) is 5.32 Å². The molecule has 0 saturated carbocycles. The number of amides is 2. The zero-order chi connectivity index (χ0) is 19.8. The van der Waals surface area contributed by atoms with Gasteiger partial charge >= 0.3 is 5.97 Å². The van der Waals surface area contributed by atoms with Crippen molar-refractivity contribution in [2.24, 2.45) is 0 Å². The predicted molar refractivity (Wildman–Crippen MR) is 98.9 cm³/mol. The van der Waals surface area contributed by atoms with Gasteiger partial charge in [0.05, 0.1) is 11.6 Å². The van der Waals surface area contributed by atoms with Gasteiger partial charge in [-0.15, -0.1) is 0 Å². The Balaban J connectivity index is 1.83. The van der Waals surface area contributed by atoms with Crippen LogP contribution < -0.4 is 10.6 Å². The molecule has 138 valence electrons. The summed E-state index contributed by atoms with van der Waals surface area (Å²) in [4.78, 5) is 35.9. The smallest absolute Gasteiger partial charge is 0.326 e. The molecule has 7 heteroatoms. The van der Waals surface area contributed by atoms with Crippen LogP contribution in [0.2, 0.25) is 0 Å². The Bertz CT molecular complexity index is 902. The Kier molecular flexibility index (Phi) is 6.67. The van der Waals surface area contributed by atoms with Crippen LogP contribution in [0.15, 0.2) is 48.5 Å². The molecule has 2 N–H and O–H groups in total. The maximum atomic E-state index is 12.1. The number of hydrogen-bond donors (Lipinski definition) is 2. The summed E-state index contributed by atoms with van der Waals surface area (Å²) in [5, 5.41) is 13.9. The number of carbonyl (C=O) groups is 3. The van der Waals surface area contributed by atoms with E-state index in [1.807, 2.05) is 19.1 Å². The molecule has 0 radical (unpaired) electrons. The molecule has 27 heavy (non-hydrogen) atoms. The van der Waals surface area contributed by atoms with Crippen molar-refractivity contribution in [3.8, 4) is 6.07 Å². The third-order valence-electron chi connectivity index (χ3n) is 3.61. The highest BCUT2D eigenvalue weighted by atomic mass is 16.5. The number of nitriles is 1. The molecule has 7 nitrogen and oxygen atoms in total. The lowest BCUT2D eigenvalue weighted by molar-refractivity contribution is -0.152. The van der Waals surface area contributed by atoms with Crippen molar-refractivity contribution in [2.45, 2.75) is 20.0 Å². The average molecular weight is 365 g/mol. The first-order valence-corrected chi connectivity index (χ1v) is 8.24. The minimum atomic E-state index is -1.06. The summed E-state index contributed by atoms with van der Waals surface area (Å²) in [6.07, 6.45) is -1.06. The summed E-state index contributed by atoms with van der Waals surface area (Å²) in [5.74, 6) is -1.67. The van der Waals surface area contributed by atoms with Gasteiger partial charge in [-0.25, -0.2) is 0 Å². The van der Waals surface area contributed by atoms with Crippen LogP contribution in [0, 0.1) is 18.3 Å². The Labute approximate surface area is 156 Å². The number of hydrogen-bond acceptors (Lipinski definition) is 5. The molecule has 2 rings (SSSR count). The fraction of sp³-hybridized carbons (Fsp3) is 0.200. The summed E-state index contributed by atoms with van der Waals surface area (Å²) >= 11 is 0. The lowest BCUT2D eigenvalue weighted by atomic mass is 10.1. The molecule has 0 fully saturated rings. The van der Waals surface area contributed by atoms with E-state index in [-0.39, 0.29) is 6.54 Å². The van der Waals surface area contributed by atoms with E-state index in [1.165, 1.54) is 13.0 Å². The molecule has 0 aliphatic rings. The number of rotatable bonds is 6. The summed E-state index contributed by atoms with van der Waals surface area (Å²) < 4.78 is 5.02. The maximum absolute atomic E-state index is 12.1. The van der Waals surface area contributed by atoms with Gasteiger partial charge in [0.15, 0.2) is 6.10 Å². The van der Waals surface area contributed by atoms with Crippen molar-refractivity contribution in [1.29, 1.82) is 5.26 Å². The second kappa shape index (κ2) is 9.15. The van der Waals surface area contributed by atoms with Crippen molar-refractivity contribution in [3.05, 3.63) is 65.2 Å². The third-order valence-corrected chi connectivity index (χ3v) is 3.61. The van der Waals surface area contributed by atoms with Crippen LogP contribution in [0.3, 0.4) is 0 Å². The molecule has 0 aliphatic carbocycles. The Morgan fingerprint density at radius 3 is 2.59 bits per heavy atom. The van der Waals surface area contributed by atoms with Gasteiger partial charge in [0.25, 0.3) is 11.8 Å². The highest BCUT2D eigenvalue weighted by Gasteiger charge is 2.18. The van der Waals surface area contributed by atoms with Crippen molar-refractivity contribution in [2.75, 3.05) is 11.9 Å². The molecule has 0 aliphatic heterocycles. The topological polar surface area (TPSA) is 108 Å². The number of esters is 1. The molecule has 0 heterocycles. The lowest BCUT2D eigenvalue weighted by Crippen LogP contribution is -2.35. The Morgan fingerprint density at radius 2 is 1.89 bits per heavy atom. The molecular weight excluding hydrogens is 346 g/mol. The Morgan fingerprint density at radius 1 is 1.15 bits per heavy atom. The van der Waals surface area contributed by atoms with Gasteiger partial charge in [0.2, 0.25) is 0 Å². The van der Waals surface area contributed by atoms with E-state index in [4.69, 9.17) is 10.00 Å². The van der Waals surface area contributed by atoms with Gasteiger partial charge in [-0.2, -0.15) is 5.26 Å². The van der Waals surface area contributed by atoms with E-state index in [0.29, 0.717) is 16.8 Å². The van der Waals surface area contributed by atoms with Crippen molar-refractivity contribution >= 4 is 23.5 Å². The monoisotopic (exact) mass is 365 g/mol. The molecule has 2 aromatic rings. The van der Waals surface area contributed by atoms with Crippen LogP contribution in [0.1, 0.15) is 28.4 Å². The van der Waals surface area contributed by atoms with Gasteiger partial charge in [0.1, 0.15) is 6.54 Å². The predicted octanol–water partition coefficient (Wildman–Crippen LogP) is 2.17. The van der Waals surface area contributed by atoms with Crippen LogP contribution in [0.25, 0.3) is 0 Å². The fourth-order valence-corrected chi connectivity index (χ4v) is 2.24. The first-order chi connectivity index (χ1) is 12.9. The minimum absolute atomic E-state index is 0.353. The van der Waals surface area contributed by atoms with Crippen molar-refractivity contribution < 1.29 is 19.1 Å². The van der Waals surface area contributed by atoms with E-state index >= 15 is 0 Å². The van der Waals surface area contributed by atoms with Crippen LogP contribution in [-0.2, 0) is 14.3 Å². The molecule has 0 unspecified atom stereocenters. The fourth-order valence-electron chi connectivity index (χ4n) is 2.24. The summed E-state index contributed by atoms with van der Waals surface area (Å²) in [6, 6.07) is 15.3. The van der Waals surface area contributed by atoms with E-state index in [9.17, 15) is 14.4 Å². The van der Waals surface area contributed by atoms with Gasteiger partial charge in [-0.05, 0) is 44.2 Å². The molecule has 2 amide bonds. The van der Waals surface area contributed by atoms with E-state index < -0.39 is 23.9 Å². The molecule has 0 bridgehead atoms. The summed E-state index contributed by atoms with van der Waals surface area (Å²) in [5.41, 5.74) is 2.19. The highest BCUT2D eigenvalue weighted by Crippen LogP contribution is 2.10. The first kappa shape index (κ1) is 19.7. The SMILES string of the molecule is Cc1cccc(C(=O)NCC(=O)O[C@H](C)C(=O)Nc2cccc(C#N)c2)c1. The van der Waals surface area contributed by atoms with Gasteiger partial charge in [-0.3, -0.25) is 14.4 Å². The lowest BCUT2D eigenvalue weighted by Gasteiger charge is -2.14. The zero-order valence-electron chi connectivity index (χ0n) is 15.0. The highest BCUT2D eigenvalue weighted by molar-refractivity contribution is 5.97.